The van der Waals surface area contributed by atoms with Crippen molar-refractivity contribution in [1.82, 2.24) is 0 Å². The number of aliphatic imine (C=N–C) groups is 2. The molecule has 0 unspecified atom stereocenters. The molecule has 1 heterocycles. The molecule has 0 atom stereocenters. The van der Waals surface area contributed by atoms with E-state index in [4.69, 9.17) is 5.41 Å². The van der Waals surface area contributed by atoms with E-state index in [1.165, 1.54) is 0 Å². The summed E-state index contributed by atoms with van der Waals surface area (Å²) in [5.74, 6) is 2.08. The molecule has 3 nitrogen and oxygen atoms in total. The number of hydrogen-bond acceptors (Lipinski definition) is 2. The van der Waals surface area contributed by atoms with Crippen molar-refractivity contribution in [3.8, 4) is 0 Å². The zero-order chi connectivity index (χ0) is 5.98. The van der Waals surface area contributed by atoms with Gasteiger partial charge in [0, 0.05) is 0 Å². The summed E-state index contributed by atoms with van der Waals surface area (Å²) in [5.41, 5.74) is 0.793. The van der Waals surface area contributed by atoms with Crippen LogP contribution in [0, 0.1) is 0 Å². The van der Waals surface area contributed by atoms with Crippen LogP contribution in [-0.4, -0.2) is 17.8 Å². The molecule has 0 radical (unpaired) electrons. The van der Waals surface area contributed by atoms with Crippen LogP contribution in [0.15, 0.2) is 15.8 Å². The molecule has 1 aliphatic rings. The third-order valence-electron chi connectivity index (χ3n) is 0.756. The number of nitrogens with zero attached hydrogens (tertiary/aromatic N) is 3. The first-order valence-electron chi connectivity index (χ1n) is 2.19. The molecular weight excluding hydrogens is 102 g/mol. The molecule has 8 heavy (non-hydrogen) atoms. The van der Waals surface area contributed by atoms with Crippen LogP contribution in [0.25, 0.3) is 5.41 Å². The molecule has 40 valence electrons. The molecule has 0 aromatic rings. The van der Waals surface area contributed by atoms with Crippen molar-refractivity contribution in [3.63, 3.8) is 0 Å². The zero-order valence-electron chi connectivity index (χ0n) is 4.42. The normalized spacial score (nSPS) is 16.1. The molecule has 0 aromatic carbocycles. The van der Waals surface area contributed by atoms with E-state index >= 15 is 0 Å². The Labute approximate surface area is 47.0 Å². The van der Waals surface area contributed by atoms with Gasteiger partial charge in [-0.15, -0.1) is 0 Å². The van der Waals surface area contributed by atoms with Gasteiger partial charge in [-0.2, -0.15) is 0 Å². The highest BCUT2D eigenvalue weighted by Crippen LogP contribution is 1.98. The van der Waals surface area contributed by atoms with Crippen LogP contribution < -0.4 is 0 Å². The molecule has 0 aliphatic carbocycles. The summed E-state index contributed by atoms with van der Waals surface area (Å²) in [7, 11) is 0. The fourth-order valence-corrected chi connectivity index (χ4v) is 0.433. The van der Waals surface area contributed by atoms with E-state index in [9.17, 15) is 0 Å². The first-order valence-corrected chi connectivity index (χ1v) is 2.19. The molecule has 0 aromatic heterocycles. The number of rotatable bonds is 0. The third-order valence-corrected chi connectivity index (χ3v) is 0.756. The lowest BCUT2D eigenvalue weighted by atomic mass is 10.5. The first-order chi connectivity index (χ1) is 3.83. The van der Waals surface area contributed by atoms with Gasteiger partial charge in [-0.25, -0.2) is 15.9 Å². The standard InChI is InChI=1S/C5H4N3/c1-4-3-7-5(2-6)8-4/h3H,1H3/q-1. The summed E-state index contributed by atoms with van der Waals surface area (Å²) < 4.78 is 0. The average molecular weight is 106 g/mol. The minimum absolute atomic E-state index is 0.252. The van der Waals surface area contributed by atoms with Gasteiger partial charge in [0.15, 0.2) is 5.82 Å². The maximum atomic E-state index is 8.18. The largest absolute Gasteiger partial charge is 0.760 e. The van der Waals surface area contributed by atoms with Gasteiger partial charge in [-0.05, 0) is 6.92 Å². The van der Waals surface area contributed by atoms with Crippen LogP contribution in [0.5, 0.6) is 0 Å². The van der Waals surface area contributed by atoms with Crippen LogP contribution in [0.1, 0.15) is 6.92 Å². The lowest BCUT2D eigenvalue weighted by molar-refractivity contribution is 1.33. The maximum absolute atomic E-state index is 8.18. The predicted octanol–water partition coefficient (Wildman–Crippen LogP) is 0.612. The Morgan fingerprint density at radius 1 is 1.75 bits per heavy atom. The van der Waals surface area contributed by atoms with Crippen molar-refractivity contribution >= 4 is 17.8 Å². The van der Waals surface area contributed by atoms with Crippen LogP contribution in [0.4, 0.5) is 0 Å². The molecule has 0 saturated carbocycles. The Morgan fingerprint density at radius 3 is 2.75 bits per heavy atom. The van der Waals surface area contributed by atoms with Crippen molar-refractivity contribution in [2.24, 2.45) is 9.98 Å². The summed E-state index contributed by atoms with van der Waals surface area (Å²) in [5, 5.41) is 8.18. The minimum atomic E-state index is 0.252. The topological polar surface area (TPSA) is 47.0 Å². The lowest BCUT2D eigenvalue weighted by Gasteiger charge is -1.79. The molecule has 0 fully saturated rings. The fourth-order valence-electron chi connectivity index (χ4n) is 0.433. The van der Waals surface area contributed by atoms with Crippen LogP contribution in [0.3, 0.4) is 0 Å². The van der Waals surface area contributed by atoms with Crippen molar-refractivity contribution in [1.29, 1.82) is 0 Å². The van der Waals surface area contributed by atoms with E-state index in [1.807, 2.05) is 5.87 Å². The van der Waals surface area contributed by atoms with Gasteiger partial charge < -0.3 is 5.41 Å². The van der Waals surface area contributed by atoms with Crippen LogP contribution in [-0.2, 0) is 0 Å². The van der Waals surface area contributed by atoms with Gasteiger partial charge >= 0.3 is 0 Å². The molecule has 3 heteroatoms. The second-order valence-electron chi connectivity index (χ2n) is 1.45. The second kappa shape index (κ2) is 1.72. The predicted molar refractivity (Wildman–Crippen MR) is 33.5 cm³/mol. The Bertz CT molecular complexity index is 206. The highest BCUT2D eigenvalue weighted by molar-refractivity contribution is 6.31. The van der Waals surface area contributed by atoms with Gasteiger partial charge in [-0.3, -0.25) is 0 Å². The van der Waals surface area contributed by atoms with E-state index < -0.39 is 0 Å². The lowest BCUT2D eigenvalue weighted by Crippen LogP contribution is -1.82. The SMILES string of the molecule is CC1=NC(=C=[N-])N=C1. The summed E-state index contributed by atoms with van der Waals surface area (Å²) in [6.07, 6.45) is 1.57. The van der Waals surface area contributed by atoms with Gasteiger partial charge in [0.25, 0.3) is 0 Å². The maximum Gasteiger partial charge on any atom is 0.173 e. The number of hydrogen-bond donors (Lipinski definition) is 0. The third kappa shape index (κ3) is 0.718. The second-order valence-corrected chi connectivity index (χ2v) is 1.45. The van der Waals surface area contributed by atoms with E-state index in [0.29, 0.717) is 0 Å². The smallest absolute Gasteiger partial charge is 0.173 e. The molecule has 1 rings (SSSR count). The highest BCUT2D eigenvalue weighted by Gasteiger charge is 1.94. The molecular formula is C5H4N3-. The van der Waals surface area contributed by atoms with Crippen LogP contribution >= 0.6 is 0 Å². The fraction of sp³-hybridized carbons (Fsp3) is 0.200. The summed E-state index contributed by atoms with van der Waals surface area (Å²) in [6, 6.07) is 0. The van der Waals surface area contributed by atoms with Gasteiger partial charge in [-0.1, -0.05) is 0 Å². The average Bonchev–Trinajstić information content (AvgIpc) is 2.14. The zero-order valence-corrected chi connectivity index (χ0v) is 4.42. The Hall–Kier alpha value is -1.21. The van der Waals surface area contributed by atoms with Crippen molar-refractivity contribution in [2.75, 3.05) is 0 Å². The molecule has 0 spiro atoms. The van der Waals surface area contributed by atoms with Gasteiger partial charge in [0.1, 0.15) is 0 Å². The monoisotopic (exact) mass is 106 g/mol. The Balaban J connectivity index is 3.01. The van der Waals surface area contributed by atoms with E-state index in [1.54, 1.807) is 13.1 Å². The Morgan fingerprint density at radius 2 is 2.50 bits per heavy atom. The molecule has 0 amide bonds. The van der Waals surface area contributed by atoms with Crippen LogP contribution in [0.2, 0.25) is 0 Å². The summed E-state index contributed by atoms with van der Waals surface area (Å²) in [4.78, 5) is 7.42. The van der Waals surface area contributed by atoms with Crippen molar-refractivity contribution in [2.45, 2.75) is 6.92 Å². The van der Waals surface area contributed by atoms with Gasteiger partial charge in [0.2, 0.25) is 0 Å². The van der Waals surface area contributed by atoms with E-state index in [2.05, 4.69) is 9.98 Å². The molecule has 0 N–H and O–H groups in total. The van der Waals surface area contributed by atoms with Gasteiger partial charge in [0.05, 0.1) is 11.9 Å². The summed E-state index contributed by atoms with van der Waals surface area (Å²) in [6.45, 7) is 1.80. The first kappa shape index (κ1) is 4.94. The van der Waals surface area contributed by atoms with E-state index in [-0.39, 0.29) is 5.82 Å². The molecule has 1 aliphatic heterocycles. The van der Waals surface area contributed by atoms with Crippen molar-refractivity contribution in [3.05, 3.63) is 11.2 Å². The molecule has 0 saturated heterocycles. The summed E-state index contributed by atoms with van der Waals surface area (Å²) >= 11 is 0. The van der Waals surface area contributed by atoms with Crippen molar-refractivity contribution < 1.29 is 0 Å². The Kier molecular flexibility index (Phi) is 1.06. The quantitative estimate of drug-likeness (QED) is 0.406. The molecule has 0 bridgehead atoms. The van der Waals surface area contributed by atoms with E-state index in [0.717, 1.165) is 5.71 Å². The minimum Gasteiger partial charge on any atom is -0.760 e. The highest BCUT2D eigenvalue weighted by atomic mass is 15.0.